The van der Waals surface area contributed by atoms with E-state index < -0.39 is 18.0 Å². The van der Waals surface area contributed by atoms with Gasteiger partial charge < -0.3 is 14.9 Å². The molecular weight excluding hydrogens is 244 g/mol. The van der Waals surface area contributed by atoms with E-state index in [1.807, 2.05) is 13.0 Å². The van der Waals surface area contributed by atoms with Crippen LogP contribution in [-0.4, -0.2) is 23.3 Å². The Hall–Kier alpha value is -1.81. The van der Waals surface area contributed by atoms with Gasteiger partial charge in [0.2, 0.25) is 0 Å². The normalized spacial score (nSPS) is 19.3. The molecule has 0 spiro atoms. The predicted molar refractivity (Wildman–Crippen MR) is 72.0 cm³/mol. The van der Waals surface area contributed by atoms with Crippen LogP contribution in [0.25, 0.3) is 5.57 Å². The highest BCUT2D eigenvalue weighted by Crippen LogP contribution is 2.45. The second kappa shape index (κ2) is 5.05. The van der Waals surface area contributed by atoms with Crippen molar-refractivity contribution in [3.63, 3.8) is 0 Å². The minimum atomic E-state index is -0.854. The van der Waals surface area contributed by atoms with Gasteiger partial charge in [0, 0.05) is 0 Å². The number of hydrogen-bond acceptors (Lipinski definition) is 3. The van der Waals surface area contributed by atoms with Crippen LogP contribution in [0.3, 0.4) is 0 Å². The van der Waals surface area contributed by atoms with Crippen LogP contribution in [0.4, 0.5) is 0 Å². The van der Waals surface area contributed by atoms with E-state index >= 15 is 0 Å². The lowest BCUT2D eigenvalue weighted by Gasteiger charge is -2.14. The zero-order valence-electron chi connectivity index (χ0n) is 11.3. The largest absolute Gasteiger partial charge is 0.497 e. The number of ether oxygens (including phenoxy) is 1. The summed E-state index contributed by atoms with van der Waals surface area (Å²) in [4.78, 5) is 11.4. The van der Waals surface area contributed by atoms with Crippen molar-refractivity contribution in [1.82, 2.24) is 0 Å². The Balaban J connectivity index is 2.55. The Morgan fingerprint density at radius 2 is 2.16 bits per heavy atom. The third-order valence-corrected chi connectivity index (χ3v) is 3.73. The van der Waals surface area contributed by atoms with E-state index in [9.17, 15) is 15.0 Å². The van der Waals surface area contributed by atoms with Crippen molar-refractivity contribution < 1.29 is 19.7 Å². The van der Waals surface area contributed by atoms with E-state index in [1.54, 1.807) is 26.2 Å². The Morgan fingerprint density at radius 3 is 2.68 bits per heavy atom. The molecule has 1 aromatic carbocycles. The Labute approximate surface area is 112 Å². The quantitative estimate of drug-likeness (QED) is 0.875. The third-order valence-electron chi connectivity index (χ3n) is 3.73. The van der Waals surface area contributed by atoms with Gasteiger partial charge in [0.05, 0.1) is 13.0 Å². The standard InChI is InChI=1S/C15H18O4/c1-4-10(15(17)18)13-8(2)14(16)12-7-9(19-3)5-6-11(12)13/h5-7,10,14,16H,4H2,1-3H3,(H,17,18). The lowest BCUT2D eigenvalue weighted by molar-refractivity contribution is -0.139. The van der Waals surface area contributed by atoms with Crippen molar-refractivity contribution in [1.29, 1.82) is 0 Å². The molecule has 0 amide bonds. The van der Waals surface area contributed by atoms with Crippen molar-refractivity contribution in [2.45, 2.75) is 26.4 Å². The van der Waals surface area contributed by atoms with Crippen molar-refractivity contribution in [2.24, 2.45) is 5.92 Å². The molecule has 19 heavy (non-hydrogen) atoms. The van der Waals surface area contributed by atoms with Crippen LogP contribution >= 0.6 is 0 Å². The number of carbonyl (C=O) groups is 1. The molecule has 0 heterocycles. The number of rotatable bonds is 4. The van der Waals surface area contributed by atoms with Gasteiger partial charge in [-0.2, -0.15) is 0 Å². The first-order valence-corrected chi connectivity index (χ1v) is 6.31. The van der Waals surface area contributed by atoms with E-state index in [-0.39, 0.29) is 0 Å². The second-order valence-corrected chi connectivity index (χ2v) is 4.75. The summed E-state index contributed by atoms with van der Waals surface area (Å²) in [6.45, 7) is 3.63. The van der Waals surface area contributed by atoms with Crippen LogP contribution in [0.15, 0.2) is 23.8 Å². The van der Waals surface area contributed by atoms with Gasteiger partial charge in [-0.3, -0.25) is 4.79 Å². The van der Waals surface area contributed by atoms with Crippen LogP contribution in [0.2, 0.25) is 0 Å². The van der Waals surface area contributed by atoms with E-state index in [0.717, 1.165) is 22.3 Å². The maximum absolute atomic E-state index is 11.4. The SMILES string of the molecule is CCC(C(=O)O)C1=C(C)C(O)c2cc(OC)ccc21. The number of methoxy groups -OCH3 is 1. The summed E-state index contributed by atoms with van der Waals surface area (Å²) in [6, 6.07) is 5.39. The minimum absolute atomic E-state index is 0.500. The van der Waals surface area contributed by atoms with Gasteiger partial charge in [0.1, 0.15) is 11.9 Å². The van der Waals surface area contributed by atoms with Gasteiger partial charge in [-0.1, -0.05) is 13.0 Å². The molecule has 2 atom stereocenters. The van der Waals surface area contributed by atoms with Crippen LogP contribution < -0.4 is 4.74 Å². The van der Waals surface area contributed by atoms with E-state index in [2.05, 4.69) is 0 Å². The molecule has 4 heteroatoms. The molecule has 2 rings (SSSR count). The van der Waals surface area contributed by atoms with Crippen LogP contribution in [0.5, 0.6) is 5.75 Å². The topological polar surface area (TPSA) is 66.8 Å². The monoisotopic (exact) mass is 262 g/mol. The highest BCUT2D eigenvalue weighted by atomic mass is 16.5. The number of fused-ring (bicyclic) bond motifs is 1. The minimum Gasteiger partial charge on any atom is -0.497 e. The summed E-state index contributed by atoms with van der Waals surface area (Å²) >= 11 is 0. The average molecular weight is 262 g/mol. The molecule has 1 aliphatic rings. The molecule has 0 saturated carbocycles. The maximum Gasteiger partial charge on any atom is 0.310 e. The highest BCUT2D eigenvalue weighted by Gasteiger charge is 2.34. The first-order chi connectivity index (χ1) is 9.01. The number of aliphatic hydroxyl groups excluding tert-OH is 1. The molecular formula is C15H18O4. The molecule has 0 bridgehead atoms. The van der Waals surface area contributed by atoms with Crippen LogP contribution in [0, 0.1) is 5.92 Å². The van der Waals surface area contributed by atoms with Gasteiger partial charge in [-0.15, -0.1) is 0 Å². The predicted octanol–water partition coefficient (Wildman–Crippen LogP) is 2.63. The lowest BCUT2D eigenvalue weighted by atomic mass is 9.90. The number of benzene rings is 1. The van der Waals surface area contributed by atoms with Gasteiger partial charge in [-0.25, -0.2) is 0 Å². The number of aliphatic carboxylic acids is 1. The molecule has 102 valence electrons. The summed E-state index contributed by atoms with van der Waals surface area (Å²) in [5.41, 5.74) is 3.00. The first kappa shape index (κ1) is 13.6. The van der Waals surface area contributed by atoms with Crippen molar-refractivity contribution in [3.8, 4) is 5.75 Å². The van der Waals surface area contributed by atoms with Gasteiger partial charge in [0.25, 0.3) is 0 Å². The molecule has 2 N–H and O–H groups in total. The molecule has 0 aromatic heterocycles. The van der Waals surface area contributed by atoms with Crippen molar-refractivity contribution in [3.05, 3.63) is 34.9 Å². The van der Waals surface area contributed by atoms with Crippen molar-refractivity contribution in [2.75, 3.05) is 7.11 Å². The number of carboxylic acids is 1. The number of aliphatic hydroxyl groups is 1. The summed E-state index contributed by atoms with van der Waals surface area (Å²) in [7, 11) is 1.57. The fraction of sp³-hybridized carbons (Fsp3) is 0.400. The van der Waals surface area contributed by atoms with Crippen LogP contribution in [-0.2, 0) is 4.79 Å². The molecule has 0 saturated heterocycles. The Bertz CT molecular complexity index is 545. The zero-order chi connectivity index (χ0) is 14.2. The van der Waals surface area contributed by atoms with E-state index in [1.165, 1.54) is 0 Å². The fourth-order valence-corrected chi connectivity index (χ4v) is 2.70. The highest BCUT2D eigenvalue weighted by molar-refractivity contribution is 5.92. The van der Waals surface area contributed by atoms with Gasteiger partial charge in [-0.05, 0) is 47.8 Å². The summed E-state index contributed by atoms with van der Waals surface area (Å²) in [6.07, 6.45) is -0.242. The summed E-state index contributed by atoms with van der Waals surface area (Å²) < 4.78 is 5.15. The molecule has 1 aliphatic carbocycles. The first-order valence-electron chi connectivity index (χ1n) is 6.31. The van der Waals surface area contributed by atoms with Gasteiger partial charge >= 0.3 is 5.97 Å². The Kier molecular flexibility index (Phi) is 3.62. The van der Waals surface area contributed by atoms with E-state index in [4.69, 9.17) is 4.74 Å². The maximum atomic E-state index is 11.4. The molecule has 0 aliphatic heterocycles. The second-order valence-electron chi connectivity index (χ2n) is 4.75. The average Bonchev–Trinajstić information content (AvgIpc) is 2.64. The van der Waals surface area contributed by atoms with Crippen LogP contribution in [0.1, 0.15) is 37.5 Å². The summed E-state index contributed by atoms with van der Waals surface area (Å²) in [5.74, 6) is -0.771. The molecule has 1 aromatic rings. The lowest BCUT2D eigenvalue weighted by Crippen LogP contribution is -2.14. The number of hydrogen-bond donors (Lipinski definition) is 2. The van der Waals surface area contributed by atoms with E-state index in [0.29, 0.717) is 12.2 Å². The fourth-order valence-electron chi connectivity index (χ4n) is 2.70. The molecule has 4 nitrogen and oxygen atoms in total. The van der Waals surface area contributed by atoms with Gasteiger partial charge in [0.15, 0.2) is 0 Å². The summed E-state index contributed by atoms with van der Waals surface area (Å²) in [5, 5.41) is 19.6. The third kappa shape index (κ3) is 2.12. The smallest absolute Gasteiger partial charge is 0.310 e. The van der Waals surface area contributed by atoms with Crippen molar-refractivity contribution >= 4 is 11.5 Å². The zero-order valence-corrected chi connectivity index (χ0v) is 11.3. The molecule has 2 unspecified atom stereocenters. The molecule has 0 fully saturated rings. The number of carboxylic acid groups (broad SMARTS) is 1. The Morgan fingerprint density at radius 1 is 1.47 bits per heavy atom. The molecule has 0 radical (unpaired) electrons.